The summed E-state index contributed by atoms with van der Waals surface area (Å²) in [5.74, 6) is 1.80. The molecule has 106 valence electrons. The number of nitrogens with zero attached hydrogens (tertiary/aromatic N) is 2. The first kappa shape index (κ1) is 14.3. The second-order valence-electron chi connectivity index (χ2n) is 6.60. The molecule has 2 rings (SSSR count). The van der Waals surface area contributed by atoms with Crippen LogP contribution in [0, 0.1) is 11.8 Å². The van der Waals surface area contributed by atoms with Gasteiger partial charge in [0.05, 0.1) is 0 Å². The standard InChI is InChI=1S/C15H31N3/c1-13-4-5-15(14(2)12-13)16-6-7-18-10-8-17(3)9-11-18/h13-16H,4-12H2,1-3H3. The summed E-state index contributed by atoms with van der Waals surface area (Å²) in [6, 6.07) is 0.772. The molecule has 1 heterocycles. The molecule has 1 saturated heterocycles. The molecular formula is C15H31N3. The Kier molecular flexibility index (Phi) is 5.46. The predicted octanol–water partition coefficient (Wildman–Crippen LogP) is 1.65. The minimum atomic E-state index is 0.772. The van der Waals surface area contributed by atoms with Crippen LogP contribution in [0.25, 0.3) is 0 Å². The van der Waals surface area contributed by atoms with Gasteiger partial charge in [0.25, 0.3) is 0 Å². The Balaban J connectivity index is 1.60. The van der Waals surface area contributed by atoms with Crippen LogP contribution < -0.4 is 5.32 Å². The van der Waals surface area contributed by atoms with E-state index in [2.05, 4.69) is 36.0 Å². The average molecular weight is 253 g/mol. The van der Waals surface area contributed by atoms with E-state index in [0.29, 0.717) is 0 Å². The molecule has 3 atom stereocenters. The van der Waals surface area contributed by atoms with E-state index in [1.165, 1.54) is 58.5 Å². The van der Waals surface area contributed by atoms with Crippen molar-refractivity contribution in [3.05, 3.63) is 0 Å². The van der Waals surface area contributed by atoms with Gasteiger partial charge in [0.2, 0.25) is 0 Å². The topological polar surface area (TPSA) is 18.5 Å². The fourth-order valence-corrected chi connectivity index (χ4v) is 3.45. The highest BCUT2D eigenvalue weighted by atomic mass is 15.2. The molecule has 0 radical (unpaired) electrons. The van der Waals surface area contributed by atoms with Crippen LogP contribution >= 0.6 is 0 Å². The van der Waals surface area contributed by atoms with Gasteiger partial charge in [-0.3, -0.25) is 4.90 Å². The van der Waals surface area contributed by atoms with Gasteiger partial charge >= 0.3 is 0 Å². The van der Waals surface area contributed by atoms with E-state index in [9.17, 15) is 0 Å². The molecular weight excluding hydrogens is 222 g/mol. The highest BCUT2D eigenvalue weighted by molar-refractivity contribution is 4.81. The molecule has 3 heteroatoms. The van der Waals surface area contributed by atoms with Gasteiger partial charge in [-0.2, -0.15) is 0 Å². The van der Waals surface area contributed by atoms with Crippen molar-refractivity contribution >= 4 is 0 Å². The maximum Gasteiger partial charge on any atom is 0.0110 e. The third-order valence-electron chi connectivity index (χ3n) is 4.86. The fraction of sp³-hybridized carbons (Fsp3) is 1.00. The Bertz CT molecular complexity index is 236. The summed E-state index contributed by atoms with van der Waals surface area (Å²) >= 11 is 0. The smallest absolute Gasteiger partial charge is 0.0110 e. The molecule has 0 bridgehead atoms. The van der Waals surface area contributed by atoms with Crippen molar-refractivity contribution in [2.45, 2.75) is 39.2 Å². The van der Waals surface area contributed by atoms with Crippen LogP contribution in [0.15, 0.2) is 0 Å². The molecule has 0 aromatic heterocycles. The van der Waals surface area contributed by atoms with E-state index in [1.807, 2.05) is 0 Å². The van der Waals surface area contributed by atoms with Crippen molar-refractivity contribution in [2.75, 3.05) is 46.3 Å². The quantitative estimate of drug-likeness (QED) is 0.822. The third kappa shape index (κ3) is 4.22. The summed E-state index contributed by atoms with van der Waals surface area (Å²) in [6.07, 6.45) is 4.20. The molecule has 3 unspecified atom stereocenters. The Labute approximate surface area is 113 Å². The lowest BCUT2D eigenvalue weighted by molar-refractivity contribution is 0.148. The van der Waals surface area contributed by atoms with E-state index in [0.717, 1.165) is 17.9 Å². The summed E-state index contributed by atoms with van der Waals surface area (Å²) in [5, 5.41) is 3.80. The monoisotopic (exact) mass is 253 g/mol. The molecule has 18 heavy (non-hydrogen) atoms. The Morgan fingerprint density at radius 1 is 1.06 bits per heavy atom. The maximum absolute atomic E-state index is 3.80. The van der Waals surface area contributed by atoms with Crippen LogP contribution in [-0.4, -0.2) is 62.2 Å². The molecule has 1 aliphatic carbocycles. The first-order valence-corrected chi connectivity index (χ1v) is 7.79. The van der Waals surface area contributed by atoms with Gasteiger partial charge in [-0.1, -0.05) is 13.8 Å². The summed E-state index contributed by atoms with van der Waals surface area (Å²) in [7, 11) is 2.22. The summed E-state index contributed by atoms with van der Waals surface area (Å²) in [5.41, 5.74) is 0. The van der Waals surface area contributed by atoms with E-state index < -0.39 is 0 Å². The van der Waals surface area contributed by atoms with Crippen molar-refractivity contribution in [2.24, 2.45) is 11.8 Å². The molecule has 0 aromatic rings. The number of rotatable bonds is 4. The zero-order valence-electron chi connectivity index (χ0n) is 12.5. The predicted molar refractivity (Wildman–Crippen MR) is 77.9 cm³/mol. The maximum atomic E-state index is 3.80. The van der Waals surface area contributed by atoms with Crippen LogP contribution in [0.2, 0.25) is 0 Å². The zero-order valence-corrected chi connectivity index (χ0v) is 12.5. The van der Waals surface area contributed by atoms with Crippen LogP contribution in [0.1, 0.15) is 33.1 Å². The third-order valence-corrected chi connectivity index (χ3v) is 4.86. The lowest BCUT2D eigenvalue weighted by atomic mass is 9.80. The van der Waals surface area contributed by atoms with Gasteiger partial charge in [-0.25, -0.2) is 0 Å². The molecule has 1 aliphatic heterocycles. The molecule has 2 aliphatic rings. The van der Waals surface area contributed by atoms with Crippen LogP contribution in [0.4, 0.5) is 0 Å². The van der Waals surface area contributed by atoms with Gasteiger partial charge in [0.15, 0.2) is 0 Å². The summed E-state index contributed by atoms with van der Waals surface area (Å²) in [4.78, 5) is 5.03. The molecule has 0 amide bonds. The largest absolute Gasteiger partial charge is 0.312 e. The number of hydrogen-bond donors (Lipinski definition) is 1. The minimum Gasteiger partial charge on any atom is -0.312 e. The van der Waals surface area contributed by atoms with Crippen LogP contribution in [0.3, 0.4) is 0 Å². The Morgan fingerprint density at radius 3 is 2.44 bits per heavy atom. The Hall–Kier alpha value is -0.120. The fourth-order valence-electron chi connectivity index (χ4n) is 3.45. The second-order valence-corrected chi connectivity index (χ2v) is 6.60. The van der Waals surface area contributed by atoms with Crippen LogP contribution in [0.5, 0.6) is 0 Å². The molecule has 3 nitrogen and oxygen atoms in total. The van der Waals surface area contributed by atoms with Crippen molar-refractivity contribution in [3.63, 3.8) is 0 Å². The molecule has 1 N–H and O–H groups in total. The normalized spacial score (nSPS) is 35.8. The molecule has 1 saturated carbocycles. The molecule has 2 fully saturated rings. The minimum absolute atomic E-state index is 0.772. The van der Waals surface area contributed by atoms with E-state index in [1.54, 1.807) is 0 Å². The molecule has 0 aromatic carbocycles. The number of piperazine rings is 1. The van der Waals surface area contributed by atoms with E-state index in [4.69, 9.17) is 0 Å². The highest BCUT2D eigenvalue weighted by Crippen LogP contribution is 2.28. The van der Waals surface area contributed by atoms with Crippen molar-refractivity contribution in [3.8, 4) is 0 Å². The number of likely N-dealkylation sites (N-methyl/N-ethyl adjacent to an activating group) is 1. The highest BCUT2D eigenvalue weighted by Gasteiger charge is 2.24. The zero-order chi connectivity index (χ0) is 13.0. The van der Waals surface area contributed by atoms with Gasteiger partial charge in [-0.05, 0) is 38.1 Å². The van der Waals surface area contributed by atoms with E-state index >= 15 is 0 Å². The SMILES string of the molecule is CC1CCC(NCCN2CCN(C)CC2)C(C)C1. The van der Waals surface area contributed by atoms with Crippen molar-refractivity contribution < 1.29 is 0 Å². The van der Waals surface area contributed by atoms with Gasteiger partial charge < -0.3 is 10.2 Å². The first-order valence-electron chi connectivity index (χ1n) is 7.79. The summed E-state index contributed by atoms with van der Waals surface area (Å²) < 4.78 is 0. The van der Waals surface area contributed by atoms with E-state index in [-0.39, 0.29) is 0 Å². The number of hydrogen-bond acceptors (Lipinski definition) is 3. The van der Waals surface area contributed by atoms with Gasteiger partial charge in [0, 0.05) is 45.3 Å². The Morgan fingerprint density at radius 2 is 1.78 bits per heavy atom. The van der Waals surface area contributed by atoms with Crippen molar-refractivity contribution in [1.82, 2.24) is 15.1 Å². The lowest BCUT2D eigenvalue weighted by Gasteiger charge is -2.35. The first-order chi connectivity index (χ1) is 8.65. The van der Waals surface area contributed by atoms with Crippen molar-refractivity contribution in [1.29, 1.82) is 0 Å². The van der Waals surface area contributed by atoms with Gasteiger partial charge in [-0.15, -0.1) is 0 Å². The summed E-state index contributed by atoms with van der Waals surface area (Å²) in [6.45, 7) is 12.2. The molecule has 0 spiro atoms. The second kappa shape index (κ2) is 6.88. The average Bonchev–Trinajstić information content (AvgIpc) is 2.34. The van der Waals surface area contributed by atoms with Crippen LogP contribution in [-0.2, 0) is 0 Å². The number of nitrogens with one attached hydrogen (secondary N) is 1. The van der Waals surface area contributed by atoms with Gasteiger partial charge in [0.1, 0.15) is 0 Å². The lowest BCUT2D eigenvalue weighted by Crippen LogP contribution is -2.48.